The molecule has 0 aliphatic carbocycles. The number of rotatable bonds is 3. The first-order valence-electron chi connectivity index (χ1n) is 3.92. The van der Waals surface area contributed by atoms with Gasteiger partial charge in [-0.25, -0.2) is 9.18 Å². The molecule has 0 aliphatic rings. The third kappa shape index (κ3) is 3.18. The van der Waals surface area contributed by atoms with Gasteiger partial charge >= 0.3 is 5.97 Å². The molecule has 0 radical (unpaired) electrons. The van der Waals surface area contributed by atoms with E-state index in [2.05, 4.69) is 0 Å². The van der Waals surface area contributed by atoms with Crippen LogP contribution in [0, 0.1) is 5.82 Å². The van der Waals surface area contributed by atoms with E-state index in [4.69, 9.17) is 16.3 Å². The first-order valence-corrected chi connectivity index (χ1v) is 4.35. The van der Waals surface area contributed by atoms with Crippen LogP contribution in [0.15, 0.2) is 35.9 Å². The number of benzene rings is 1. The van der Waals surface area contributed by atoms with Crippen LogP contribution in [-0.4, -0.2) is 12.6 Å². The van der Waals surface area contributed by atoms with Gasteiger partial charge in [-0.15, -0.1) is 0 Å². The van der Waals surface area contributed by atoms with Crippen LogP contribution in [0.25, 0.3) is 0 Å². The highest BCUT2D eigenvalue weighted by atomic mass is 35.5. The molecule has 14 heavy (non-hydrogen) atoms. The number of esters is 1. The zero-order chi connectivity index (χ0) is 10.4. The van der Waals surface area contributed by atoms with E-state index in [-0.39, 0.29) is 12.2 Å². The molecule has 2 nitrogen and oxygen atoms in total. The van der Waals surface area contributed by atoms with E-state index in [1.807, 2.05) is 0 Å². The van der Waals surface area contributed by atoms with Gasteiger partial charge in [0.25, 0.3) is 0 Å². The Morgan fingerprint density at radius 3 is 3.00 bits per heavy atom. The topological polar surface area (TPSA) is 26.3 Å². The van der Waals surface area contributed by atoms with Gasteiger partial charge in [0.05, 0.1) is 5.56 Å². The molecule has 1 aromatic rings. The SMILES string of the molecule is O=C(OC/C=C/Cl)c1cccc(F)c1. The molecule has 74 valence electrons. The lowest BCUT2D eigenvalue weighted by atomic mass is 10.2. The van der Waals surface area contributed by atoms with Crippen molar-refractivity contribution in [1.82, 2.24) is 0 Å². The number of hydrogen-bond donors (Lipinski definition) is 0. The Hall–Kier alpha value is -1.35. The Labute approximate surface area is 85.9 Å². The highest BCUT2D eigenvalue weighted by Crippen LogP contribution is 2.05. The second-order valence-electron chi connectivity index (χ2n) is 2.47. The Bertz CT molecular complexity index is 350. The molecule has 0 heterocycles. The van der Waals surface area contributed by atoms with Crippen molar-refractivity contribution < 1.29 is 13.9 Å². The first-order chi connectivity index (χ1) is 6.74. The van der Waals surface area contributed by atoms with Crippen molar-refractivity contribution in [3.05, 3.63) is 47.3 Å². The number of halogens is 2. The number of carbonyl (C=O) groups excluding carboxylic acids is 1. The van der Waals surface area contributed by atoms with E-state index in [0.29, 0.717) is 0 Å². The molecule has 0 atom stereocenters. The first kappa shape index (κ1) is 10.7. The van der Waals surface area contributed by atoms with Crippen LogP contribution in [0.2, 0.25) is 0 Å². The second kappa shape index (κ2) is 5.40. The summed E-state index contributed by atoms with van der Waals surface area (Å²) in [6.07, 6.45) is 1.47. The third-order valence-corrected chi connectivity index (χ3v) is 1.64. The summed E-state index contributed by atoms with van der Waals surface area (Å²) in [7, 11) is 0. The average molecular weight is 215 g/mol. The van der Waals surface area contributed by atoms with Gasteiger partial charge in [-0.2, -0.15) is 0 Å². The molecule has 0 saturated heterocycles. The molecular formula is C10H8ClFO2. The largest absolute Gasteiger partial charge is 0.458 e. The minimum absolute atomic E-state index is 0.0822. The normalized spacial score (nSPS) is 10.4. The minimum atomic E-state index is -0.570. The summed E-state index contributed by atoms with van der Waals surface area (Å²) in [5.74, 6) is -1.04. The minimum Gasteiger partial charge on any atom is -0.458 e. The fraction of sp³-hybridized carbons (Fsp3) is 0.100. The van der Waals surface area contributed by atoms with E-state index >= 15 is 0 Å². The standard InChI is InChI=1S/C10H8ClFO2/c11-5-2-6-14-10(13)8-3-1-4-9(12)7-8/h1-5,7H,6H2/b5-2+. The van der Waals surface area contributed by atoms with Crippen molar-refractivity contribution in [2.24, 2.45) is 0 Å². The van der Waals surface area contributed by atoms with Crippen molar-refractivity contribution in [3.63, 3.8) is 0 Å². The third-order valence-electron chi connectivity index (χ3n) is 1.46. The Morgan fingerprint density at radius 1 is 1.57 bits per heavy atom. The fourth-order valence-electron chi connectivity index (χ4n) is 0.859. The molecule has 0 aliphatic heterocycles. The molecule has 4 heteroatoms. The van der Waals surface area contributed by atoms with Crippen molar-refractivity contribution >= 4 is 17.6 Å². The summed E-state index contributed by atoms with van der Waals surface area (Å²) < 4.78 is 17.4. The molecule has 0 unspecified atom stereocenters. The van der Waals surface area contributed by atoms with Crippen LogP contribution < -0.4 is 0 Å². The molecule has 0 spiro atoms. The Kier molecular flexibility index (Phi) is 4.13. The predicted octanol–water partition coefficient (Wildman–Crippen LogP) is 2.74. The molecule has 1 aromatic carbocycles. The van der Waals surface area contributed by atoms with Gasteiger partial charge in [0.15, 0.2) is 0 Å². The van der Waals surface area contributed by atoms with E-state index in [1.165, 1.54) is 29.8 Å². The quantitative estimate of drug-likeness (QED) is 0.724. The zero-order valence-electron chi connectivity index (χ0n) is 7.24. The van der Waals surface area contributed by atoms with Crippen molar-refractivity contribution in [2.75, 3.05) is 6.61 Å². The lowest BCUT2D eigenvalue weighted by Gasteiger charge is -2.00. The van der Waals surface area contributed by atoms with Gasteiger partial charge in [0, 0.05) is 5.54 Å². The maximum absolute atomic E-state index is 12.7. The van der Waals surface area contributed by atoms with Gasteiger partial charge in [-0.1, -0.05) is 17.7 Å². The van der Waals surface area contributed by atoms with E-state index in [1.54, 1.807) is 0 Å². The monoisotopic (exact) mass is 214 g/mol. The Balaban J connectivity index is 2.60. The van der Waals surface area contributed by atoms with Crippen LogP contribution in [0.4, 0.5) is 4.39 Å². The van der Waals surface area contributed by atoms with E-state index in [0.717, 1.165) is 6.07 Å². The lowest BCUT2D eigenvalue weighted by Crippen LogP contribution is -2.05. The van der Waals surface area contributed by atoms with Crippen LogP contribution >= 0.6 is 11.6 Å². The summed E-state index contributed by atoms with van der Waals surface area (Å²) in [6.45, 7) is 0.0822. The Morgan fingerprint density at radius 2 is 2.36 bits per heavy atom. The van der Waals surface area contributed by atoms with Gasteiger partial charge in [-0.3, -0.25) is 0 Å². The van der Waals surface area contributed by atoms with Gasteiger partial charge in [-0.05, 0) is 24.3 Å². The van der Waals surface area contributed by atoms with E-state index in [9.17, 15) is 9.18 Å². The van der Waals surface area contributed by atoms with Crippen LogP contribution in [0.5, 0.6) is 0 Å². The highest BCUT2D eigenvalue weighted by molar-refractivity contribution is 6.25. The summed E-state index contributed by atoms with van der Waals surface area (Å²) in [5, 5.41) is 0. The molecule has 0 amide bonds. The number of ether oxygens (including phenoxy) is 1. The molecule has 0 fully saturated rings. The molecule has 0 N–H and O–H groups in total. The fourth-order valence-corrected chi connectivity index (χ4v) is 0.932. The van der Waals surface area contributed by atoms with Gasteiger partial charge in [0.1, 0.15) is 12.4 Å². The zero-order valence-corrected chi connectivity index (χ0v) is 8.00. The van der Waals surface area contributed by atoms with Crippen molar-refractivity contribution in [3.8, 4) is 0 Å². The maximum atomic E-state index is 12.7. The second-order valence-corrected chi connectivity index (χ2v) is 2.72. The number of carbonyl (C=O) groups is 1. The summed E-state index contributed by atoms with van der Waals surface area (Å²) in [4.78, 5) is 11.2. The molecule has 1 rings (SSSR count). The molecule has 0 saturated carbocycles. The van der Waals surface area contributed by atoms with Crippen LogP contribution in [-0.2, 0) is 4.74 Å². The molecule has 0 bridgehead atoms. The van der Waals surface area contributed by atoms with Crippen molar-refractivity contribution in [1.29, 1.82) is 0 Å². The van der Waals surface area contributed by atoms with E-state index < -0.39 is 11.8 Å². The summed E-state index contributed by atoms with van der Waals surface area (Å²) in [6, 6.07) is 5.31. The maximum Gasteiger partial charge on any atom is 0.338 e. The molecule has 0 aromatic heterocycles. The predicted molar refractivity (Wildman–Crippen MR) is 51.7 cm³/mol. The van der Waals surface area contributed by atoms with Crippen LogP contribution in [0.3, 0.4) is 0 Å². The smallest absolute Gasteiger partial charge is 0.338 e. The lowest BCUT2D eigenvalue weighted by molar-refractivity contribution is 0.0549. The summed E-state index contributed by atoms with van der Waals surface area (Å²) in [5.41, 5.74) is 1.44. The van der Waals surface area contributed by atoms with Gasteiger partial charge in [0.2, 0.25) is 0 Å². The highest BCUT2D eigenvalue weighted by Gasteiger charge is 2.06. The van der Waals surface area contributed by atoms with Crippen LogP contribution in [0.1, 0.15) is 10.4 Å². The van der Waals surface area contributed by atoms with Gasteiger partial charge < -0.3 is 4.74 Å². The number of hydrogen-bond acceptors (Lipinski definition) is 2. The molecular weight excluding hydrogens is 207 g/mol. The van der Waals surface area contributed by atoms with Crippen molar-refractivity contribution in [2.45, 2.75) is 0 Å². The average Bonchev–Trinajstić information content (AvgIpc) is 2.18. The summed E-state index contributed by atoms with van der Waals surface area (Å²) >= 11 is 5.22.